The number of halogens is 2. The average Bonchev–Trinajstić information content (AvgIpc) is 2.03. The Kier molecular flexibility index (Phi) is 4.96. The molecule has 1 aromatic carbocycles. The van der Waals surface area contributed by atoms with Gasteiger partial charge in [-0.2, -0.15) is 0 Å². The van der Waals surface area contributed by atoms with Crippen molar-refractivity contribution >= 4 is 12.4 Å². The third-order valence-corrected chi connectivity index (χ3v) is 2.08. The number of hydrogen-bond acceptors (Lipinski definition) is 1. The van der Waals surface area contributed by atoms with Gasteiger partial charge < -0.3 is 5.73 Å². The standard InChI is InChI=1S/C10H14FN.ClH/c1-7-4-3-5-8(2)10(7)9(12)6-11;/h3-5,9H,6,12H2,1-2H3;1H/t9-;/m0./s1. The highest BCUT2D eigenvalue weighted by Gasteiger charge is 2.10. The Morgan fingerprint density at radius 3 is 2.15 bits per heavy atom. The average molecular weight is 204 g/mol. The van der Waals surface area contributed by atoms with Crippen LogP contribution in [0.5, 0.6) is 0 Å². The maximum Gasteiger partial charge on any atom is 0.109 e. The van der Waals surface area contributed by atoms with Crippen LogP contribution in [0.25, 0.3) is 0 Å². The lowest BCUT2D eigenvalue weighted by molar-refractivity contribution is 0.435. The van der Waals surface area contributed by atoms with Crippen LogP contribution in [0, 0.1) is 13.8 Å². The van der Waals surface area contributed by atoms with Gasteiger partial charge >= 0.3 is 0 Å². The zero-order chi connectivity index (χ0) is 9.14. The molecule has 0 saturated heterocycles. The van der Waals surface area contributed by atoms with Crippen LogP contribution >= 0.6 is 12.4 Å². The molecule has 0 amide bonds. The number of nitrogens with two attached hydrogens (primary N) is 1. The minimum atomic E-state index is -0.494. The summed E-state index contributed by atoms with van der Waals surface area (Å²) in [5, 5.41) is 0. The van der Waals surface area contributed by atoms with E-state index in [4.69, 9.17) is 5.73 Å². The second-order valence-corrected chi connectivity index (χ2v) is 3.07. The monoisotopic (exact) mass is 203 g/mol. The summed E-state index contributed by atoms with van der Waals surface area (Å²) in [6.45, 7) is 3.42. The van der Waals surface area contributed by atoms with Crippen molar-refractivity contribution in [1.82, 2.24) is 0 Å². The number of benzene rings is 1. The van der Waals surface area contributed by atoms with Gasteiger partial charge in [0.05, 0.1) is 6.04 Å². The third kappa shape index (κ3) is 2.68. The molecule has 1 aromatic rings. The highest BCUT2D eigenvalue weighted by molar-refractivity contribution is 5.85. The van der Waals surface area contributed by atoms with Gasteiger partial charge in [-0.25, -0.2) is 4.39 Å². The topological polar surface area (TPSA) is 26.0 Å². The van der Waals surface area contributed by atoms with E-state index in [2.05, 4.69) is 0 Å². The second-order valence-electron chi connectivity index (χ2n) is 3.07. The fourth-order valence-corrected chi connectivity index (χ4v) is 1.49. The highest BCUT2D eigenvalue weighted by Crippen LogP contribution is 2.19. The number of alkyl halides is 1. The zero-order valence-electron chi connectivity index (χ0n) is 7.88. The molecule has 0 spiro atoms. The van der Waals surface area contributed by atoms with Crippen LogP contribution in [0.3, 0.4) is 0 Å². The predicted molar refractivity (Wildman–Crippen MR) is 56.1 cm³/mol. The lowest BCUT2D eigenvalue weighted by Crippen LogP contribution is -2.15. The minimum absolute atomic E-state index is 0. The third-order valence-electron chi connectivity index (χ3n) is 2.08. The van der Waals surface area contributed by atoms with Crippen LogP contribution in [-0.2, 0) is 0 Å². The molecule has 2 N–H and O–H groups in total. The molecule has 0 aliphatic heterocycles. The first-order valence-electron chi connectivity index (χ1n) is 4.04. The summed E-state index contributed by atoms with van der Waals surface area (Å²) in [5.41, 5.74) is 8.70. The van der Waals surface area contributed by atoms with Crippen LogP contribution in [0.1, 0.15) is 22.7 Å². The minimum Gasteiger partial charge on any atom is -0.322 e. The Balaban J connectivity index is 0.00000144. The predicted octanol–water partition coefficient (Wildman–Crippen LogP) is 2.69. The van der Waals surface area contributed by atoms with Gasteiger partial charge in [0.1, 0.15) is 6.67 Å². The summed E-state index contributed by atoms with van der Waals surface area (Å²) in [7, 11) is 0. The summed E-state index contributed by atoms with van der Waals surface area (Å²) in [4.78, 5) is 0. The Morgan fingerprint density at radius 2 is 1.77 bits per heavy atom. The largest absolute Gasteiger partial charge is 0.322 e. The lowest BCUT2D eigenvalue weighted by atomic mass is 9.97. The maximum absolute atomic E-state index is 12.3. The molecule has 0 fully saturated rings. The molecule has 0 saturated carbocycles. The maximum atomic E-state index is 12.3. The summed E-state index contributed by atoms with van der Waals surface area (Å²) >= 11 is 0. The van der Waals surface area contributed by atoms with Gasteiger partial charge in [0.15, 0.2) is 0 Å². The molecule has 0 bridgehead atoms. The van der Waals surface area contributed by atoms with Crippen molar-refractivity contribution in [3.63, 3.8) is 0 Å². The summed E-state index contributed by atoms with van der Waals surface area (Å²) in [6.07, 6.45) is 0. The van der Waals surface area contributed by atoms with Gasteiger partial charge in [-0.15, -0.1) is 12.4 Å². The van der Waals surface area contributed by atoms with Crippen molar-refractivity contribution in [2.45, 2.75) is 19.9 Å². The quantitative estimate of drug-likeness (QED) is 0.786. The smallest absolute Gasteiger partial charge is 0.109 e. The molecule has 1 nitrogen and oxygen atoms in total. The Labute approximate surface area is 84.5 Å². The van der Waals surface area contributed by atoms with E-state index in [-0.39, 0.29) is 12.4 Å². The molecule has 1 atom stereocenters. The zero-order valence-corrected chi connectivity index (χ0v) is 8.70. The molecule has 0 aromatic heterocycles. The van der Waals surface area contributed by atoms with E-state index in [9.17, 15) is 4.39 Å². The molecular weight excluding hydrogens is 189 g/mol. The van der Waals surface area contributed by atoms with Crippen molar-refractivity contribution in [1.29, 1.82) is 0 Å². The molecule has 3 heteroatoms. The fourth-order valence-electron chi connectivity index (χ4n) is 1.49. The van der Waals surface area contributed by atoms with Crippen LogP contribution in [0.2, 0.25) is 0 Å². The summed E-state index contributed by atoms with van der Waals surface area (Å²) < 4.78 is 12.3. The van der Waals surface area contributed by atoms with Crippen molar-refractivity contribution in [3.8, 4) is 0 Å². The van der Waals surface area contributed by atoms with Gasteiger partial charge in [-0.3, -0.25) is 0 Å². The van der Waals surface area contributed by atoms with Gasteiger partial charge in [0, 0.05) is 0 Å². The molecule has 0 radical (unpaired) electrons. The first-order chi connectivity index (χ1) is 5.66. The van der Waals surface area contributed by atoms with E-state index >= 15 is 0 Å². The molecule has 0 aliphatic rings. The summed E-state index contributed by atoms with van der Waals surface area (Å²) in [5.74, 6) is 0. The SMILES string of the molecule is Cc1cccc(C)c1[C@@H](N)CF.Cl. The van der Waals surface area contributed by atoms with Gasteiger partial charge in [-0.05, 0) is 30.5 Å². The molecular formula is C10H15ClFN. The molecule has 0 heterocycles. The van der Waals surface area contributed by atoms with Crippen LogP contribution < -0.4 is 5.73 Å². The fraction of sp³-hybridized carbons (Fsp3) is 0.400. The van der Waals surface area contributed by atoms with Crippen molar-refractivity contribution < 1.29 is 4.39 Å². The van der Waals surface area contributed by atoms with E-state index in [0.29, 0.717) is 0 Å². The molecule has 13 heavy (non-hydrogen) atoms. The van der Waals surface area contributed by atoms with Crippen molar-refractivity contribution in [3.05, 3.63) is 34.9 Å². The van der Waals surface area contributed by atoms with E-state index < -0.39 is 12.7 Å². The van der Waals surface area contributed by atoms with Crippen LogP contribution in [0.4, 0.5) is 4.39 Å². The van der Waals surface area contributed by atoms with Crippen molar-refractivity contribution in [2.75, 3.05) is 6.67 Å². The number of hydrogen-bond donors (Lipinski definition) is 1. The van der Waals surface area contributed by atoms with Crippen LogP contribution in [0.15, 0.2) is 18.2 Å². The van der Waals surface area contributed by atoms with Crippen LogP contribution in [-0.4, -0.2) is 6.67 Å². The molecule has 1 rings (SSSR count). The van der Waals surface area contributed by atoms with E-state index in [1.807, 2.05) is 32.0 Å². The second kappa shape index (κ2) is 5.20. The number of rotatable bonds is 2. The van der Waals surface area contributed by atoms with Gasteiger partial charge in [0.25, 0.3) is 0 Å². The normalized spacial score (nSPS) is 12.0. The van der Waals surface area contributed by atoms with E-state index in [1.165, 1.54) is 0 Å². The Hall–Kier alpha value is -0.600. The Bertz CT molecular complexity index is 255. The Morgan fingerprint density at radius 1 is 1.31 bits per heavy atom. The molecule has 74 valence electrons. The van der Waals surface area contributed by atoms with Crippen molar-refractivity contribution in [2.24, 2.45) is 5.73 Å². The lowest BCUT2D eigenvalue weighted by Gasteiger charge is -2.13. The van der Waals surface area contributed by atoms with E-state index in [0.717, 1.165) is 16.7 Å². The number of aryl methyl sites for hydroxylation is 2. The van der Waals surface area contributed by atoms with Gasteiger partial charge in [-0.1, -0.05) is 18.2 Å². The molecule has 0 unspecified atom stereocenters. The highest BCUT2D eigenvalue weighted by atomic mass is 35.5. The van der Waals surface area contributed by atoms with E-state index in [1.54, 1.807) is 0 Å². The molecule has 0 aliphatic carbocycles. The summed E-state index contributed by atoms with van der Waals surface area (Å²) in [6, 6.07) is 5.40. The first-order valence-corrected chi connectivity index (χ1v) is 4.04. The van der Waals surface area contributed by atoms with Gasteiger partial charge in [0.2, 0.25) is 0 Å². The first kappa shape index (κ1) is 12.4.